The Hall–Kier alpha value is -4.01. The molecule has 3 N–H and O–H groups in total. The summed E-state index contributed by atoms with van der Waals surface area (Å²) >= 11 is 0. The molecule has 0 saturated carbocycles. The van der Waals surface area contributed by atoms with E-state index in [0.717, 1.165) is 11.6 Å². The lowest BCUT2D eigenvalue weighted by Crippen LogP contribution is -2.15. The molecule has 9 heteroatoms. The Labute approximate surface area is 158 Å². The number of hydrogen-bond donors (Lipinski definition) is 2. The highest BCUT2D eigenvalue weighted by atomic mass is 19.1. The first-order valence-corrected chi connectivity index (χ1v) is 8.11. The zero-order chi connectivity index (χ0) is 20.1. The number of nitrogens with zero attached hydrogens (tertiary/aromatic N) is 2. The van der Waals surface area contributed by atoms with Gasteiger partial charge in [0, 0.05) is 6.07 Å². The SMILES string of the molecule is Nc1c(C(=O)Nc2ccc(OCc3ccccc3)nc2)cc(F)cc1[N+](=O)[O-]. The van der Waals surface area contributed by atoms with Gasteiger partial charge in [-0.25, -0.2) is 9.37 Å². The van der Waals surface area contributed by atoms with E-state index in [9.17, 15) is 19.3 Å². The Bertz CT molecular complexity index is 1010. The highest BCUT2D eigenvalue weighted by Gasteiger charge is 2.21. The summed E-state index contributed by atoms with van der Waals surface area (Å²) in [6.45, 7) is 0.336. The maximum absolute atomic E-state index is 13.6. The fourth-order valence-corrected chi connectivity index (χ4v) is 2.41. The second kappa shape index (κ2) is 8.12. The standard InChI is InChI=1S/C19H15FN4O4/c20-13-8-15(18(21)16(9-13)24(26)27)19(25)23-14-6-7-17(22-10-14)28-11-12-4-2-1-3-5-12/h1-10H,11,21H2,(H,23,25). The van der Waals surface area contributed by atoms with E-state index >= 15 is 0 Å². The molecule has 0 unspecified atom stereocenters. The lowest BCUT2D eigenvalue weighted by atomic mass is 10.1. The number of rotatable bonds is 6. The first-order valence-electron chi connectivity index (χ1n) is 8.11. The van der Waals surface area contributed by atoms with E-state index in [1.807, 2.05) is 30.3 Å². The van der Waals surface area contributed by atoms with Crippen LogP contribution >= 0.6 is 0 Å². The number of hydrogen-bond acceptors (Lipinski definition) is 6. The molecule has 0 aliphatic rings. The molecule has 3 aromatic rings. The minimum Gasteiger partial charge on any atom is -0.473 e. The molecule has 2 aromatic carbocycles. The van der Waals surface area contributed by atoms with Crippen LogP contribution in [-0.2, 0) is 6.61 Å². The summed E-state index contributed by atoms with van der Waals surface area (Å²) < 4.78 is 19.1. The average Bonchev–Trinajstić information content (AvgIpc) is 2.69. The predicted octanol–water partition coefficient (Wildman–Crippen LogP) is 3.54. The number of halogens is 1. The number of nitrogens with two attached hydrogens (primary N) is 1. The van der Waals surface area contributed by atoms with Crippen molar-refractivity contribution in [1.29, 1.82) is 0 Å². The van der Waals surface area contributed by atoms with Gasteiger partial charge in [0.25, 0.3) is 11.6 Å². The molecule has 142 valence electrons. The third-order valence-corrected chi connectivity index (χ3v) is 3.79. The number of amides is 1. The van der Waals surface area contributed by atoms with Gasteiger partial charge in [0.15, 0.2) is 0 Å². The van der Waals surface area contributed by atoms with Crippen LogP contribution in [0.3, 0.4) is 0 Å². The fraction of sp³-hybridized carbons (Fsp3) is 0.0526. The van der Waals surface area contributed by atoms with Gasteiger partial charge in [0.2, 0.25) is 5.88 Å². The molecule has 1 aromatic heterocycles. The van der Waals surface area contributed by atoms with Gasteiger partial charge < -0.3 is 15.8 Å². The van der Waals surface area contributed by atoms with Crippen molar-refractivity contribution in [2.75, 3.05) is 11.1 Å². The molecule has 1 heterocycles. The molecule has 1 amide bonds. The third-order valence-electron chi connectivity index (χ3n) is 3.79. The summed E-state index contributed by atoms with van der Waals surface area (Å²) in [5.41, 5.74) is 5.47. The van der Waals surface area contributed by atoms with Crippen LogP contribution in [-0.4, -0.2) is 15.8 Å². The number of nitrogens with one attached hydrogen (secondary N) is 1. The van der Waals surface area contributed by atoms with Gasteiger partial charge in [-0.15, -0.1) is 0 Å². The van der Waals surface area contributed by atoms with Crippen molar-refractivity contribution in [1.82, 2.24) is 4.98 Å². The molecule has 3 rings (SSSR count). The Morgan fingerprint density at radius 1 is 1.21 bits per heavy atom. The van der Waals surface area contributed by atoms with E-state index in [-0.39, 0.29) is 5.56 Å². The lowest BCUT2D eigenvalue weighted by Gasteiger charge is -2.09. The van der Waals surface area contributed by atoms with Gasteiger partial charge in [-0.05, 0) is 17.7 Å². The van der Waals surface area contributed by atoms with Crippen molar-refractivity contribution < 1.29 is 18.8 Å². The van der Waals surface area contributed by atoms with E-state index in [2.05, 4.69) is 10.3 Å². The number of nitrogen functional groups attached to an aromatic ring is 1. The first kappa shape index (κ1) is 18.8. The van der Waals surface area contributed by atoms with Crippen molar-refractivity contribution in [2.45, 2.75) is 6.61 Å². The molecule has 0 fully saturated rings. The van der Waals surface area contributed by atoms with Crippen molar-refractivity contribution in [3.05, 3.63) is 87.9 Å². The molecule has 0 atom stereocenters. The first-order chi connectivity index (χ1) is 13.4. The minimum atomic E-state index is -0.936. The van der Waals surface area contributed by atoms with E-state index in [1.54, 1.807) is 6.07 Å². The number of carbonyl (C=O) groups excluding carboxylic acids is 1. The number of anilines is 2. The Kier molecular flexibility index (Phi) is 5.45. The van der Waals surface area contributed by atoms with Crippen molar-refractivity contribution in [3.8, 4) is 5.88 Å². The van der Waals surface area contributed by atoms with Crippen LogP contribution in [0.4, 0.5) is 21.5 Å². The van der Waals surface area contributed by atoms with Crippen LogP contribution in [0.5, 0.6) is 5.88 Å². The summed E-state index contributed by atoms with van der Waals surface area (Å²) in [6, 6.07) is 14.1. The Balaban J connectivity index is 1.69. The number of benzene rings is 2. The topological polar surface area (TPSA) is 120 Å². The van der Waals surface area contributed by atoms with Crippen LogP contribution in [0.15, 0.2) is 60.8 Å². The summed E-state index contributed by atoms with van der Waals surface area (Å²) in [7, 11) is 0. The molecule has 0 radical (unpaired) electrons. The minimum absolute atomic E-state index is 0.295. The van der Waals surface area contributed by atoms with Gasteiger partial charge in [0.1, 0.15) is 18.1 Å². The molecular formula is C19H15FN4O4. The predicted molar refractivity (Wildman–Crippen MR) is 100 cm³/mol. The number of pyridine rings is 1. The van der Waals surface area contributed by atoms with Crippen molar-refractivity contribution >= 4 is 23.0 Å². The summed E-state index contributed by atoms with van der Waals surface area (Å²) in [5, 5.41) is 13.4. The fourth-order valence-electron chi connectivity index (χ4n) is 2.41. The molecule has 8 nitrogen and oxygen atoms in total. The maximum atomic E-state index is 13.6. The van der Waals surface area contributed by atoms with Gasteiger partial charge in [-0.2, -0.15) is 0 Å². The second-order valence-corrected chi connectivity index (χ2v) is 5.76. The molecule has 0 saturated heterocycles. The number of aromatic nitrogens is 1. The van der Waals surface area contributed by atoms with Crippen molar-refractivity contribution in [3.63, 3.8) is 0 Å². The Morgan fingerprint density at radius 2 is 1.96 bits per heavy atom. The lowest BCUT2D eigenvalue weighted by molar-refractivity contribution is -0.384. The summed E-state index contributed by atoms with van der Waals surface area (Å²) in [5.74, 6) is -1.38. The molecule has 0 bridgehead atoms. The van der Waals surface area contributed by atoms with E-state index in [0.29, 0.717) is 24.2 Å². The molecule has 0 aliphatic heterocycles. The molecular weight excluding hydrogens is 367 g/mol. The molecule has 0 aliphatic carbocycles. The van der Waals surface area contributed by atoms with E-state index < -0.39 is 28.0 Å². The van der Waals surface area contributed by atoms with Crippen LogP contribution in [0.25, 0.3) is 0 Å². The number of carbonyl (C=O) groups is 1. The normalized spacial score (nSPS) is 10.3. The summed E-state index contributed by atoms with van der Waals surface area (Å²) in [4.78, 5) is 26.5. The highest BCUT2D eigenvalue weighted by molar-refractivity contribution is 6.08. The molecule has 28 heavy (non-hydrogen) atoms. The Morgan fingerprint density at radius 3 is 2.61 bits per heavy atom. The summed E-state index contributed by atoms with van der Waals surface area (Å²) in [6.07, 6.45) is 1.35. The second-order valence-electron chi connectivity index (χ2n) is 5.76. The highest BCUT2D eigenvalue weighted by Crippen LogP contribution is 2.27. The monoisotopic (exact) mass is 382 g/mol. The van der Waals surface area contributed by atoms with E-state index in [1.165, 1.54) is 12.3 Å². The average molecular weight is 382 g/mol. The van der Waals surface area contributed by atoms with Crippen LogP contribution in [0.2, 0.25) is 0 Å². The number of ether oxygens (including phenoxy) is 1. The van der Waals surface area contributed by atoms with Crippen LogP contribution in [0.1, 0.15) is 15.9 Å². The van der Waals surface area contributed by atoms with Gasteiger partial charge >= 0.3 is 0 Å². The number of nitro groups is 1. The van der Waals surface area contributed by atoms with Crippen molar-refractivity contribution in [2.24, 2.45) is 0 Å². The zero-order valence-corrected chi connectivity index (χ0v) is 14.5. The largest absolute Gasteiger partial charge is 0.473 e. The van der Waals surface area contributed by atoms with Crippen LogP contribution < -0.4 is 15.8 Å². The van der Waals surface area contributed by atoms with Crippen LogP contribution in [0, 0.1) is 15.9 Å². The van der Waals surface area contributed by atoms with Gasteiger partial charge in [-0.3, -0.25) is 14.9 Å². The molecule has 0 spiro atoms. The smallest absolute Gasteiger partial charge is 0.295 e. The quantitative estimate of drug-likeness (QED) is 0.382. The van der Waals surface area contributed by atoms with Gasteiger partial charge in [-0.1, -0.05) is 30.3 Å². The van der Waals surface area contributed by atoms with E-state index in [4.69, 9.17) is 10.5 Å². The van der Waals surface area contributed by atoms with Gasteiger partial charge in [0.05, 0.1) is 28.4 Å². The maximum Gasteiger partial charge on any atom is 0.295 e. The zero-order valence-electron chi connectivity index (χ0n) is 14.5. The number of nitro benzene ring substituents is 1. The third kappa shape index (κ3) is 4.39.